The van der Waals surface area contributed by atoms with Crippen LogP contribution in [0.2, 0.25) is 0 Å². The number of carbonyl (C=O) groups is 16. The second kappa shape index (κ2) is 46.0. The van der Waals surface area contributed by atoms with Crippen LogP contribution in [0.25, 0.3) is 0 Å². The molecular weight excluding hydrogens is 1490 g/mol. The van der Waals surface area contributed by atoms with Gasteiger partial charge in [0.2, 0.25) is 59.1 Å². The highest BCUT2D eigenvalue weighted by molar-refractivity contribution is 6.00. The van der Waals surface area contributed by atoms with E-state index in [9.17, 15) is 76.7 Å². The molecule has 12 amide bonds. The second-order valence-corrected chi connectivity index (χ2v) is 32.8. The minimum atomic E-state index is -1.22. The first-order chi connectivity index (χ1) is 53.7. The summed E-state index contributed by atoms with van der Waals surface area (Å²) in [5, 5.41) is 21.2. The van der Waals surface area contributed by atoms with Crippen LogP contribution in [-0.4, -0.2) is 292 Å². The number of ether oxygens (including phenoxy) is 8. The monoisotopic (exact) mass is 1620 g/mol. The third-order valence-electron chi connectivity index (χ3n) is 20.1. The highest BCUT2D eigenvalue weighted by Gasteiger charge is 2.47. The first-order valence-corrected chi connectivity index (χ1v) is 39.8. The molecule has 0 aromatic heterocycles. The summed E-state index contributed by atoms with van der Waals surface area (Å²) in [6, 6.07) is -10.2. The summed E-state index contributed by atoms with van der Waals surface area (Å²) in [6.45, 7) is 24.4. The fourth-order valence-corrected chi connectivity index (χ4v) is 13.7. The van der Waals surface area contributed by atoms with Crippen molar-refractivity contribution in [1.82, 2.24) is 62.1 Å². The lowest BCUT2D eigenvalue weighted by Gasteiger charge is -2.32. The lowest BCUT2D eigenvalue weighted by atomic mass is 9.87. The predicted molar refractivity (Wildman–Crippen MR) is 412 cm³/mol. The van der Waals surface area contributed by atoms with Crippen LogP contribution in [0, 0.1) is 35.5 Å². The van der Waals surface area contributed by atoms with E-state index < -0.39 is 191 Å². The number of hydrogen-bond donors (Lipinski definition) is 8. The highest BCUT2D eigenvalue weighted by atomic mass is 16.6. The zero-order valence-electron chi connectivity index (χ0n) is 69.4. The molecule has 12 atom stereocenters. The van der Waals surface area contributed by atoms with Crippen molar-refractivity contribution in [1.29, 1.82) is 0 Å². The van der Waals surface area contributed by atoms with Crippen LogP contribution in [0.1, 0.15) is 175 Å². The normalized spacial score (nSPS) is 26.4. The summed E-state index contributed by atoms with van der Waals surface area (Å²) in [7, 11) is 2.35. The van der Waals surface area contributed by atoms with Crippen LogP contribution in [0.5, 0.6) is 0 Å². The summed E-state index contributed by atoms with van der Waals surface area (Å²) >= 11 is 0. The molecule has 6 heterocycles. The molecule has 6 aliphatic heterocycles. The van der Waals surface area contributed by atoms with Gasteiger partial charge in [-0.1, -0.05) is 67.5 Å². The number of nitrogens with one attached hydrogen (secondary N) is 8. The van der Waals surface area contributed by atoms with Crippen molar-refractivity contribution in [3.8, 4) is 0 Å². The number of amides is 12. The molecule has 0 aliphatic carbocycles. The van der Waals surface area contributed by atoms with Crippen LogP contribution in [0.4, 0.5) is 9.59 Å². The molecule has 0 aromatic carbocycles. The molecular formula is C78H128N12O24. The average Bonchev–Trinajstić information content (AvgIpc) is 1.67. The van der Waals surface area contributed by atoms with Crippen LogP contribution < -0.4 is 42.5 Å². The Hall–Kier alpha value is -8.90. The van der Waals surface area contributed by atoms with Gasteiger partial charge in [-0.2, -0.15) is 0 Å². The van der Waals surface area contributed by atoms with Gasteiger partial charge in [0.25, 0.3) is 0 Å². The molecule has 0 bridgehead atoms. The first kappa shape index (κ1) is 95.7. The summed E-state index contributed by atoms with van der Waals surface area (Å²) in [5.74, 6) is -11.4. The van der Waals surface area contributed by atoms with Crippen molar-refractivity contribution < 1.29 is 116 Å². The minimum Gasteiger partial charge on any atom is -0.468 e. The van der Waals surface area contributed by atoms with Gasteiger partial charge in [0.05, 0.1) is 53.9 Å². The Kier molecular flexibility index (Phi) is 38.6. The highest BCUT2D eigenvalue weighted by Crippen LogP contribution is 2.30. The van der Waals surface area contributed by atoms with Gasteiger partial charge in [0, 0.05) is 65.5 Å². The van der Waals surface area contributed by atoms with Crippen molar-refractivity contribution in [2.75, 3.05) is 106 Å². The van der Waals surface area contributed by atoms with Gasteiger partial charge in [0.1, 0.15) is 84.7 Å². The molecule has 644 valence electrons. The van der Waals surface area contributed by atoms with Crippen LogP contribution in [0.3, 0.4) is 0 Å². The molecule has 0 radical (unpaired) electrons. The number of nitrogens with zero attached hydrogens (tertiary/aromatic N) is 4. The summed E-state index contributed by atoms with van der Waals surface area (Å²) in [4.78, 5) is 219. The van der Waals surface area contributed by atoms with E-state index in [-0.39, 0.29) is 90.8 Å². The molecule has 0 aromatic rings. The maximum Gasteiger partial charge on any atom is 0.410 e. The number of hydrogen-bond acceptors (Lipinski definition) is 24. The van der Waals surface area contributed by atoms with Gasteiger partial charge in [-0.25, -0.2) is 9.59 Å². The molecule has 6 aliphatic rings. The van der Waals surface area contributed by atoms with Crippen molar-refractivity contribution in [2.45, 2.75) is 246 Å². The van der Waals surface area contributed by atoms with Gasteiger partial charge in [-0.3, -0.25) is 76.9 Å². The lowest BCUT2D eigenvalue weighted by Crippen LogP contribution is -2.58. The quantitative estimate of drug-likeness (QED) is 0.0619. The molecule has 5 saturated heterocycles. The van der Waals surface area contributed by atoms with Gasteiger partial charge in [-0.15, -0.1) is 0 Å². The number of likely N-dealkylation sites (tertiary alicyclic amines) is 4. The number of esters is 2. The molecule has 0 saturated carbocycles. The molecule has 5 fully saturated rings. The van der Waals surface area contributed by atoms with Gasteiger partial charge in [0.15, 0.2) is 11.6 Å². The maximum atomic E-state index is 14.0. The first-order valence-electron chi connectivity index (χ1n) is 39.8. The van der Waals surface area contributed by atoms with Gasteiger partial charge >= 0.3 is 24.1 Å². The third kappa shape index (κ3) is 30.1. The topological polar surface area (TPSA) is 456 Å². The van der Waals surface area contributed by atoms with Gasteiger partial charge in [-0.05, 0) is 129 Å². The van der Waals surface area contributed by atoms with Gasteiger partial charge < -0.3 is 90.2 Å². The fourth-order valence-electron chi connectivity index (χ4n) is 13.7. The van der Waals surface area contributed by atoms with E-state index in [1.54, 1.807) is 109 Å². The minimum absolute atomic E-state index is 0. The second-order valence-electron chi connectivity index (χ2n) is 32.8. The number of Topliss-reactive ketones (excluding diaryl/α,β-unsaturated/α-hetero) is 2. The maximum absolute atomic E-state index is 14.0. The molecule has 36 heteroatoms. The Labute approximate surface area is 670 Å². The zero-order chi connectivity index (χ0) is 84.9. The smallest absolute Gasteiger partial charge is 0.410 e. The van der Waals surface area contributed by atoms with Crippen LogP contribution in [0.15, 0.2) is 12.2 Å². The van der Waals surface area contributed by atoms with E-state index in [0.717, 1.165) is 0 Å². The summed E-state index contributed by atoms with van der Waals surface area (Å²) < 4.78 is 43.2. The predicted octanol–water partition coefficient (Wildman–Crippen LogP) is 1.69. The fraction of sp³-hybridized carbons (Fsp3) is 0.769. The Bertz CT molecular complexity index is 3380. The molecule has 6 rings (SSSR count). The van der Waals surface area contributed by atoms with Crippen molar-refractivity contribution in [3.63, 3.8) is 0 Å². The number of rotatable bonds is 16. The van der Waals surface area contributed by atoms with Crippen molar-refractivity contribution in [3.05, 3.63) is 12.2 Å². The SMILES string of the molecule is COC(=O)CNC(=O)[C@@H]1COC/C=C/COC[C@H](NC(=O)[C@@H]2CCCN2C(=O)[C@@H]2CCCN2C(=O)OC(C)(C)C)C(=O)C[C@@H](C(C)C)C(=O)N[C@@H](C(C)C)C(=O)N1.COC(=O)CNC(=O)[C@@H]1COCCCCOC[C@H](NC(=O)[C@@H]2CCCN2C(=O)[C@@H]2CCCN2C(=O)OC(C)(C)C)C(=O)C[C@@H](C(C)C)C(=O)N[C@@H](C(C)C)C(=O)N1.[HH]. The summed E-state index contributed by atoms with van der Waals surface area (Å²) in [6.07, 6.45) is 6.37. The Morgan fingerprint density at radius 1 is 0.439 bits per heavy atom. The van der Waals surface area contributed by atoms with Crippen LogP contribution >= 0.6 is 0 Å². The number of methoxy groups -OCH3 is 2. The van der Waals surface area contributed by atoms with E-state index in [1.165, 1.54) is 33.8 Å². The molecule has 0 spiro atoms. The van der Waals surface area contributed by atoms with E-state index in [1.807, 2.05) is 0 Å². The molecule has 0 unspecified atom stereocenters. The van der Waals surface area contributed by atoms with E-state index in [4.69, 9.17) is 28.4 Å². The van der Waals surface area contributed by atoms with Crippen molar-refractivity contribution >= 4 is 94.8 Å². The average molecular weight is 1620 g/mol. The van der Waals surface area contributed by atoms with E-state index >= 15 is 0 Å². The largest absolute Gasteiger partial charge is 0.468 e. The standard InChI is InChI=1S/C39H64N6O12.C39H62N6O12.H2/c2*1-23(2)25-19-30(46)26(41-35(50)28-13-11-15-44(28)37(52)29-14-12-16-45(29)38(53)57-39(5,6)7)21-55-17-9-10-18-56-22-27(34(49)40-20-31(47)54-8)42-36(51)32(24(3)4)43-33(25)48;/h23-29,32H,9-22H2,1-8H3,(H,40,49)(H,41,50)(H,42,51)(H,43,48);9-10,23-29,32H,11-22H2,1-8H3,(H,40,49)(H,41,50)(H,42,51)(H,43,48);1H/b;10-9+;/t2*25-,26-,27-,28-,29-,32-;/m00./s1. The third-order valence-corrected chi connectivity index (χ3v) is 20.1. The molecule has 114 heavy (non-hydrogen) atoms. The Morgan fingerprint density at radius 3 is 1.12 bits per heavy atom. The van der Waals surface area contributed by atoms with Crippen molar-refractivity contribution in [2.24, 2.45) is 35.5 Å². The Morgan fingerprint density at radius 2 is 0.772 bits per heavy atom. The lowest BCUT2D eigenvalue weighted by molar-refractivity contribution is -0.143. The van der Waals surface area contributed by atoms with Crippen LogP contribution in [-0.2, 0) is 105 Å². The number of carbonyl (C=O) groups excluding carboxylic acids is 16. The van der Waals surface area contributed by atoms with E-state index in [2.05, 4.69) is 52.0 Å². The van der Waals surface area contributed by atoms with E-state index in [0.29, 0.717) is 90.4 Å². The molecule has 8 N–H and O–H groups in total. The zero-order valence-corrected chi connectivity index (χ0v) is 69.4. The summed E-state index contributed by atoms with van der Waals surface area (Å²) in [5.41, 5.74) is -1.49. The number of ketones is 2. The molecule has 36 nitrogen and oxygen atoms in total. The Balaban J connectivity index is 0.000000480.